The summed E-state index contributed by atoms with van der Waals surface area (Å²) in [5, 5.41) is 2.44. The molecule has 0 fully saturated rings. The Labute approximate surface area is 184 Å². The Kier molecular flexibility index (Phi) is 5.04. The molecule has 30 heavy (non-hydrogen) atoms. The van der Waals surface area contributed by atoms with Gasteiger partial charge in [0.25, 0.3) is 0 Å². The summed E-state index contributed by atoms with van der Waals surface area (Å²) < 4.78 is 1.06. The molecule has 0 aliphatic carbocycles. The highest BCUT2D eigenvalue weighted by molar-refractivity contribution is 9.10. The summed E-state index contributed by atoms with van der Waals surface area (Å²) in [6.07, 6.45) is 1.94. The number of anilines is 3. The second-order valence-electron chi connectivity index (χ2n) is 7.11. The first-order chi connectivity index (χ1) is 14.8. The number of pyridine rings is 1. The van der Waals surface area contributed by atoms with Crippen LogP contribution < -0.4 is 4.90 Å². The Balaban J connectivity index is 1.61. The van der Waals surface area contributed by atoms with E-state index in [1.807, 2.05) is 24.4 Å². The van der Waals surface area contributed by atoms with Gasteiger partial charge in [-0.1, -0.05) is 76.6 Å². The minimum absolute atomic E-state index is 0.966. The summed E-state index contributed by atoms with van der Waals surface area (Å²) >= 11 is 3.54. The SMILES string of the molecule is Brc1ccc(N(c2ccc(-c3ccccc3)nc2)c2ccc3ccccc3c2)cc1. The second kappa shape index (κ2) is 8.13. The first-order valence-corrected chi connectivity index (χ1v) is 10.6. The van der Waals surface area contributed by atoms with Crippen molar-refractivity contribution in [1.29, 1.82) is 0 Å². The number of halogens is 1. The van der Waals surface area contributed by atoms with Crippen molar-refractivity contribution in [1.82, 2.24) is 4.98 Å². The molecule has 1 aromatic heterocycles. The van der Waals surface area contributed by atoms with Crippen LogP contribution in [0.2, 0.25) is 0 Å². The van der Waals surface area contributed by atoms with Crippen LogP contribution in [0.3, 0.4) is 0 Å². The van der Waals surface area contributed by atoms with Gasteiger partial charge in [-0.2, -0.15) is 0 Å². The molecule has 0 N–H and O–H groups in total. The zero-order valence-electron chi connectivity index (χ0n) is 16.2. The third-order valence-electron chi connectivity index (χ3n) is 5.15. The summed E-state index contributed by atoms with van der Waals surface area (Å²) in [6, 6.07) is 37.8. The molecule has 0 radical (unpaired) electrons. The monoisotopic (exact) mass is 450 g/mol. The van der Waals surface area contributed by atoms with E-state index in [4.69, 9.17) is 4.98 Å². The number of aromatic nitrogens is 1. The fourth-order valence-electron chi connectivity index (χ4n) is 3.65. The molecule has 5 rings (SSSR count). The minimum atomic E-state index is 0.966. The summed E-state index contributed by atoms with van der Waals surface area (Å²) in [6.45, 7) is 0. The number of rotatable bonds is 4. The van der Waals surface area contributed by atoms with Gasteiger partial charge < -0.3 is 4.90 Å². The van der Waals surface area contributed by atoms with Crippen molar-refractivity contribution in [2.24, 2.45) is 0 Å². The molecule has 2 nitrogen and oxygen atoms in total. The van der Waals surface area contributed by atoms with Crippen LogP contribution in [0.15, 0.2) is 120 Å². The van der Waals surface area contributed by atoms with E-state index < -0.39 is 0 Å². The molecule has 0 amide bonds. The lowest BCUT2D eigenvalue weighted by Crippen LogP contribution is -2.10. The zero-order chi connectivity index (χ0) is 20.3. The Bertz CT molecular complexity index is 1280. The molecule has 0 unspecified atom stereocenters. The summed E-state index contributed by atoms with van der Waals surface area (Å²) in [7, 11) is 0. The average molecular weight is 451 g/mol. The number of hydrogen-bond acceptors (Lipinski definition) is 2. The lowest BCUT2D eigenvalue weighted by Gasteiger charge is -2.25. The zero-order valence-corrected chi connectivity index (χ0v) is 17.8. The number of benzene rings is 4. The molecule has 0 atom stereocenters. The van der Waals surface area contributed by atoms with Crippen molar-refractivity contribution >= 4 is 43.8 Å². The quantitative estimate of drug-likeness (QED) is 0.274. The maximum absolute atomic E-state index is 4.75. The van der Waals surface area contributed by atoms with E-state index in [-0.39, 0.29) is 0 Å². The third kappa shape index (κ3) is 3.72. The fraction of sp³-hybridized carbons (Fsp3) is 0. The lowest BCUT2D eigenvalue weighted by atomic mass is 10.1. The van der Waals surface area contributed by atoms with E-state index in [0.717, 1.165) is 32.8 Å². The Hall–Kier alpha value is -3.43. The maximum atomic E-state index is 4.75. The summed E-state index contributed by atoms with van der Waals surface area (Å²) in [4.78, 5) is 6.99. The smallest absolute Gasteiger partial charge is 0.0703 e. The highest BCUT2D eigenvalue weighted by Gasteiger charge is 2.14. The van der Waals surface area contributed by atoms with Crippen molar-refractivity contribution in [3.63, 3.8) is 0 Å². The van der Waals surface area contributed by atoms with Crippen LogP contribution in [-0.4, -0.2) is 4.98 Å². The van der Waals surface area contributed by atoms with Gasteiger partial charge in [-0.25, -0.2) is 0 Å². The van der Waals surface area contributed by atoms with E-state index in [1.54, 1.807) is 0 Å². The molecular formula is C27H19BrN2. The van der Waals surface area contributed by atoms with Crippen LogP contribution in [0.4, 0.5) is 17.1 Å². The molecule has 0 saturated carbocycles. The number of fused-ring (bicyclic) bond motifs is 1. The van der Waals surface area contributed by atoms with Gasteiger partial charge in [-0.3, -0.25) is 4.98 Å². The predicted molar refractivity (Wildman–Crippen MR) is 130 cm³/mol. The highest BCUT2D eigenvalue weighted by atomic mass is 79.9. The summed E-state index contributed by atoms with van der Waals surface area (Å²) in [5.41, 5.74) is 5.29. The predicted octanol–water partition coefficient (Wildman–Crippen LogP) is 8.13. The van der Waals surface area contributed by atoms with Crippen LogP contribution in [0, 0.1) is 0 Å². The molecule has 0 saturated heterocycles. The highest BCUT2D eigenvalue weighted by Crippen LogP contribution is 2.36. The van der Waals surface area contributed by atoms with Gasteiger partial charge in [0.2, 0.25) is 0 Å². The average Bonchev–Trinajstić information content (AvgIpc) is 2.81. The van der Waals surface area contributed by atoms with Crippen LogP contribution in [-0.2, 0) is 0 Å². The van der Waals surface area contributed by atoms with Crippen molar-refractivity contribution in [2.45, 2.75) is 0 Å². The topological polar surface area (TPSA) is 16.1 Å². The molecule has 1 heterocycles. The van der Waals surface area contributed by atoms with Crippen LogP contribution >= 0.6 is 15.9 Å². The molecule has 5 aromatic rings. The second-order valence-corrected chi connectivity index (χ2v) is 8.03. The van der Waals surface area contributed by atoms with E-state index in [0.29, 0.717) is 0 Å². The third-order valence-corrected chi connectivity index (χ3v) is 5.68. The van der Waals surface area contributed by atoms with Gasteiger partial charge in [0.05, 0.1) is 17.6 Å². The van der Waals surface area contributed by atoms with E-state index >= 15 is 0 Å². The number of nitrogens with zero attached hydrogens (tertiary/aromatic N) is 2. The fourth-order valence-corrected chi connectivity index (χ4v) is 3.92. The van der Waals surface area contributed by atoms with E-state index in [2.05, 4.69) is 112 Å². The molecule has 3 heteroatoms. The van der Waals surface area contributed by atoms with E-state index in [9.17, 15) is 0 Å². The van der Waals surface area contributed by atoms with Crippen molar-refractivity contribution in [3.8, 4) is 11.3 Å². The molecule has 0 bridgehead atoms. The molecule has 0 spiro atoms. The van der Waals surface area contributed by atoms with Crippen molar-refractivity contribution in [2.75, 3.05) is 4.90 Å². The van der Waals surface area contributed by atoms with Crippen molar-refractivity contribution in [3.05, 3.63) is 120 Å². The van der Waals surface area contributed by atoms with Gasteiger partial charge in [0.1, 0.15) is 0 Å². The molecule has 144 valence electrons. The number of hydrogen-bond donors (Lipinski definition) is 0. The van der Waals surface area contributed by atoms with Gasteiger partial charge in [0.15, 0.2) is 0 Å². The maximum Gasteiger partial charge on any atom is 0.0703 e. The van der Waals surface area contributed by atoms with Gasteiger partial charge >= 0.3 is 0 Å². The minimum Gasteiger partial charge on any atom is -0.309 e. The van der Waals surface area contributed by atoms with Crippen LogP contribution in [0.5, 0.6) is 0 Å². The van der Waals surface area contributed by atoms with Gasteiger partial charge in [-0.15, -0.1) is 0 Å². The van der Waals surface area contributed by atoms with Crippen LogP contribution in [0.25, 0.3) is 22.0 Å². The first-order valence-electron chi connectivity index (χ1n) is 9.84. The van der Waals surface area contributed by atoms with Gasteiger partial charge in [0, 0.05) is 21.4 Å². The molecule has 4 aromatic carbocycles. The summed E-state index contributed by atoms with van der Waals surface area (Å²) in [5.74, 6) is 0. The van der Waals surface area contributed by atoms with Crippen molar-refractivity contribution < 1.29 is 0 Å². The molecule has 0 aliphatic rings. The molecular weight excluding hydrogens is 432 g/mol. The Morgan fingerprint density at radius 1 is 0.567 bits per heavy atom. The Morgan fingerprint density at radius 3 is 1.97 bits per heavy atom. The normalized spacial score (nSPS) is 10.8. The molecule has 0 aliphatic heterocycles. The van der Waals surface area contributed by atoms with Gasteiger partial charge in [-0.05, 0) is 59.3 Å². The lowest BCUT2D eigenvalue weighted by molar-refractivity contribution is 1.23. The Morgan fingerprint density at radius 2 is 1.23 bits per heavy atom. The standard InChI is InChI=1S/C27H19BrN2/c28-23-11-14-24(15-12-23)30(25-13-10-20-6-4-5-9-22(20)18-25)26-16-17-27(29-19-26)21-7-2-1-3-8-21/h1-19H. The first kappa shape index (κ1) is 18.6. The van der Waals surface area contributed by atoms with Crippen LogP contribution in [0.1, 0.15) is 0 Å². The largest absolute Gasteiger partial charge is 0.309 e. The van der Waals surface area contributed by atoms with E-state index in [1.165, 1.54) is 10.8 Å².